The molecule has 0 bridgehead atoms. The summed E-state index contributed by atoms with van der Waals surface area (Å²) in [6.07, 6.45) is 2.59. The van der Waals surface area contributed by atoms with E-state index in [1.54, 1.807) is 25.4 Å². The number of nitrogens with zero attached hydrogens (tertiary/aromatic N) is 4. The van der Waals surface area contributed by atoms with Crippen LogP contribution in [0.15, 0.2) is 30.5 Å². The summed E-state index contributed by atoms with van der Waals surface area (Å²) in [4.78, 5) is 10.6. The number of methoxy groups -OCH3 is 1. The summed E-state index contributed by atoms with van der Waals surface area (Å²) >= 11 is 6.11. The molecule has 1 aliphatic heterocycles. The second-order valence-electron chi connectivity index (χ2n) is 5.24. The molecule has 0 aliphatic carbocycles. The lowest BCUT2D eigenvalue weighted by atomic mass is 10.2. The fourth-order valence-corrected chi connectivity index (χ4v) is 2.90. The second-order valence-corrected chi connectivity index (χ2v) is 5.65. The van der Waals surface area contributed by atoms with E-state index in [4.69, 9.17) is 16.3 Å². The molecular formula is C16H16ClN5O. The van der Waals surface area contributed by atoms with E-state index in [-0.39, 0.29) is 6.04 Å². The number of aromatic nitrogens is 2. The summed E-state index contributed by atoms with van der Waals surface area (Å²) in [5, 5.41) is 13.1. The number of benzene rings is 1. The Morgan fingerprint density at radius 1 is 1.43 bits per heavy atom. The molecule has 6 nitrogen and oxygen atoms in total. The fraction of sp³-hybridized carbons (Fsp3) is 0.312. The Hall–Kier alpha value is -2.52. The minimum absolute atomic E-state index is 0.202. The van der Waals surface area contributed by atoms with E-state index < -0.39 is 0 Å². The van der Waals surface area contributed by atoms with Gasteiger partial charge < -0.3 is 15.0 Å². The van der Waals surface area contributed by atoms with Crippen LogP contribution in [0.4, 0.5) is 11.6 Å². The number of halogens is 1. The van der Waals surface area contributed by atoms with Crippen molar-refractivity contribution >= 4 is 23.2 Å². The van der Waals surface area contributed by atoms with Crippen LogP contribution >= 0.6 is 11.6 Å². The molecule has 0 amide bonds. The second kappa shape index (κ2) is 6.71. The van der Waals surface area contributed by atoms with Crippen LogP contribution in [0.2, 0.25) is 5.02 Å². The van der Waals surface area contributed by atoms with Crippen LogP contribution in [0, 0.1) is 11.3 Å². The van der Waals surface area contributed by atoms with Gasteiger partial charge in [-0.15, -0.1) is 0 Å². The Kier molecular flexibility index (Phi) is 4.49. The van der Waals surface area contributed by atoms with Crippen LogP contribution in [0.1, 0.15) is 12.0 Å². The van der Waals surface area contributed by atoms with Crippen molar-refractivity contribution in [2.45, 2.75) is 12.5 Å². The molecule has 3 rings (SSSR count). The first-order chi connectivity index (χ1) is 11.2. The predicted molar refractivity (Wildman–Crippen MR) is 89.0 cm³/mol. The number of nitrogens with one attached hydrogen (secondary N) is 1. The molecule has 0 spiro atoms. The summed E-state index contributed by atoms with van der Waals surface area (Å²) in [6.45, 7) is 1.60. The third kappa shape index (κ3) is 3.30. The van der Waals surface area contributed by atoms with Crippen molar-refractivity contribution < 1.29 is 4.74 Å². The monoisotopic (exact) mass is 329 g/mol. The highest BCUT2D eigenvalue weighted by Crippen LogP contribution is 2.29. The molecule has 7 heteroatoms. The van der Waals surface area contributed by atoms with Crippen LogP contribution in [-0.4, -0.2) is 36.2 Å². The van der Waals surface area contributed by atoms with Gasteiger partial charge in [-0.3, -0.25) is 0 Å². The molecule has 1 aliphatic rings. The molecule has 1 saturated heterocycles. The number of nitriles is 1. The minimum Gasteiger partial charge on any atom is -0.481 e. The summed E-state index contributed by atoms with van der Waals surface area (Å²) in [5.74, 6) is 1.07. The first-order valence-electron chi connectivity index (χ1n) is 7.28. The molecule has 1 fully saturated rings. The lowest BCUT2D eigenvalue weighted by molar-refractivity contribution is 0.397. The summed E-state index contributed by atoms with van der Waals surface area (Å²) in [6, 6.07) is 9.62. The van der Waals surface area contributed by atoms with Gasteiger partial charge in [-0.05, 0) is 18.6 Å². The van der Waals surface area contributed by atoms with Crippen molar-refractivity contribution in [3.05, 3.63) is 41.0 Å². The quantitative estimate of drug-likeness (QED) is 0.929. The molecule has 1 aromatic carbocycles. The van der Waals surface area contributed by atoms with Gasteiger partial charge in [-0.25, -0.2) is 4.98 Å². The maximum atomic E-state index is 9.31. The van der Waals surface area contributed by atoms with Crippen LogP contribution in [-0.2, 0) is 0 Å². The molecule has 1 atom stereocenters. The topological polar surface area (TPSA) is 74.1 Å². The Bertz CT molecular complexity index is 745. The maximum absolute atomic E-state index is 9.31. The fourth-order valence-electron chi connectivity index (χ4n) is 2.69. The van der Waals surface area contributed by atoms with Crippen molar-refractivity contribution in [1.29, 1.82) is 5.26 Å². The number of ether oxygens (including phenoxy) is 1. The maximum Gasteiger partial charge on any atom is 0.226 e. The average Bonchev–Trinajstić information content (AvgIpc) is 3.03. The number of hydrogen-bond donors (Lipinski definition) is 1. The Morgan fingerprint density at radius 3 is 3.09 bits per heavy atom. The number of anilines is 2. The Labute approximate surface area is 139 Å². The van der Waals surface area contributed by atoms with E-state index in [2.05, 4.69) is 26.3 Å². The van der Waals surface area contributed by atoms with Gasteiger partial charge in [0.25, 0.3) is 0 Å². The van der Waals surface area contributed by atoms with Gasteiger partial charge in [0.15, 0.2) is 0 Å². The van der Waals surface area contributed by atoms with Crippen LogP contribution in [0.5, 0.6) is 5.88 Å². The first kappa shape index (κ1) is 15.4. The largest absolute Gasteiger partial charge is 0.481 e. The van der Waals surface area contributed by atoms with E-state index >= 15 is 0 Å². The van der Waals surface area contributed by atoms with Crippen molar-refractivity contribution in [2.75, 3.05) is 30.4 Å². The van der Waals surface area contributed by atoms with Crippen molar-refractivity contribution in [3.8, 4) is 11.9 Å². The van der Waals surface area contributed by atoms with Crippen LogP contribution in [0.3, 0.4) is 0 Å². The molecule has 2 heterocycles. The van der Waals surface area contributed by atoms with Crippen molar-refractivity contribution in [2.24, 2.45) is 0 Å². The van der Waals surface area contributed by atoms with E-state index in [1.165, 1.54) is 0 Å². The molecule has 23 heavy (non-hydrogen) atoms. The summed E-state index contributed by atoms with van der Waals surface area (Å²) < 4.78 is 5.10. The third-order valence-corrected chi connectivity index (χ3v) is 4.12. The highest BCUT2D eigenvalue weighted by atomic mass is 35.5. The summed E-state index contributed by atoms with van der Waals surface area (Å²) in [5.41, 5.74) is 1.39. The lowest BCUT2D eigenvalue weighted by Crippen LogP contribution is -2.27. The predicted octanol–water partition coefficient (Wildman–Crippen LogP) is 2.70. The van der Waals surface area contributed by atoms with Crippen molar-refractivity contribution in [1.82, 2.24) is 9.97 Å². The average molecular weight is 330 g/mol. The van der Waals surface area contributed by atoms with Gasteiger partial charge in [0.05, 0.1) is 23.4 Å². The number of rotatable bonds is 4. The number of hydrogen-bond acceptors (Lipinski definition) is 6. The zero-order valence-corrected chi connectivity index (χ0v) is 13.4. The zero-order chi connectivity index (χ0) is 16.2. The highest BCUT2D eigenvalue weighted by Gasteiger charge is 2.25. The van der Waals surface area contributed by atoms with Gasteiger partial charge >= 0.3 is 0 Å². The van der Waals surface area contributed by atoms with Crippen molar-refractivity contribution in [3.63, 3.8) is 0 Å². The molecule has 1 aromatic heterocycles. The van der Waals surface area contributed by atoms with E-state index in [0.29, 0.717) is 22.4 Å². The van der Waals surface area contributed by atoms with Gasteiger partial charge in [0.2, 0.25) is 11.8 Å². The van der Waals surface area contributed by atoms with Gasteiger partial charge in [-0.1, -0.05) is 17.7 Å². The summed E-state index contributed by atoms with van der Waals surface area (Å²) in [7, 11) is 1.58. The van der Waals surface area contributed by atoms with Gasteiger partial charge in [-0.2, -0.15) is 10.2 Å². The highest BCUT2D eigenvalue weighted by molar-refractivity contribution is 6.32. The first-order valence-corrected chi connectivity index (χ1v) is 7.66. The molecule has 0 radical (unpaired) electrons. The molecule has 2 aromatic rings. The lowest BCUT2D eigenvalue weighted by Gasteiger charge is -2.20. The Morgan fingerprint density at radius 2 is 2.30 bits per heavy atom. The Balaban J connectivity index is 1.72. The molecular weight excluding hydrogens is 314 g/mol. The third-order valence-electron chi connectivity index (χ3n) is 3.80. The molecule has 1 unspecified atom stereocenters. The molecule has 0 saturated carbocycles. The smallest absolute Gasteiger partial charge is 0.226 e. The van der Waals surface area contributed by atoms with Crippen LogP contribution in [0.25, 0.3) is 0 Å². The van der Waals surface area contributed by atoms with Crippen LogP contribution < -0.4 is 15.0 Å². The standard InChI is InChI=1S/C16H16ClN5O/c1-23-15-5-7-19-16(21-15)20-11-6-8-22(10-11)14-4-2-3-13(17)12(14)9-18/h2-5,7,11H,6,8,10H2,1H3,(H,19,20,21). The molecule has 118 valence electrons. The SMILES string of the molecule is COc1ccnc(NC2CCN(c3cccc(Cl)c3C#N)C2)n1. The zero-order valence-electron chi connectivity index (χ0n) is 12.7. The van der Waals surface area contributed by atoms with E-state index in [9.17, 15) is 5.26 Å². The molecule has 1 N–H and O–H groups in total. The van der Waals surface area contributed by atoms with Gasteiger partial charge in [0, 0.05) is 31.4 Å². The van der Waals surface area contributed by atoms with E-state index in [1.807, 2.05) is 12.1 Å². The minimum atomic E-state index is 0.202. The normalized spacial score (nSPS) is 16.9. The van der Waals surface area contributed by atoms with E-state index in [0.717, 1.165) is 25.2 Å². The van der Waals surface area contributed by atoms with Gasteiger partial charge in [0.1, 0.15) is 6.07 Å².